The molecule has 0 aliphatic rings. The fraction of sp³-hybridized carbons (Fsp3) is 0.353. The van der Waals surface area contributed by atoms with Crippen molar-refractivity contribution in [3.63, 3.8) is 0 Å². The fourth-order valence-corrected chi connectivity index (χ4v) is 2.48. The van der Waals surface area contributed by atoms with Crippen LogP contribution in [-0.2, 0) is 4.79 Å². The highest BCUT2D eigenvalue weighted by Gasteiger charge is 2.21. The van der Waals surface area contributed by atoms with Crippen LogP contribution in [-0.4, -0.2) is 40.0 Å². The van der Waals surface area contributed by atoms with Gasteiger partial charge < -0.3 is 10.0 Å². The molecule has 5 heteroatoms. The van der Waals surface area contributed by atoms with Crippen molar-refractivity contribution in [3.8, 4) is 0 Å². The minimum Gasteiger partial charge on any atom is -0.480 e. The molecule has 0 aliphatic carbocycles. The summed E-state index contributed by atoms with van der Waals surface area (Å²) in [6.07, 6.45) is 0. The lowest BCUT2D eigenvalue weighted by Crippen LogP contribution is -2.38. The summed E-state index contributed by atoms with van der Waals surface area (Å²) in [4.78, 5) is 29.7. The Morgan fingerprint density at radius 1 is 1.27 bits per heavy atom. The Morgan fingerprint density at radius 3 is 2.59 bits per heavy atom. The van der Waals surface area contributed by atoms with Gasteiger partial charge >= 0.3 is 5.97 Å². The monoisotopic (exact) mass is 300 g/mol. The van der Waals surface area contributed by atoms with Crippen molar-refractivity contribution in [2.75, 3.05) is 13.1 Å². The highest BCUT2D eigenvalue weighted by Crippen LogP contribution is 2.20. The molecule has 1 heterocycles. The van der Waals surface area contributed by atoms with E-state index in [1.165, 1.54) is 4.90 Å². The van der Waals surface area contributed by atoms with Crippen molar-refractivity contribution in [2.45, 2.75) is 20.8 Å². The number of carboxylic acids is 1. The Hall–Kier alpha value is -2.43. The van der Waals surface area contributed by atoms with E-state index in [2.05, 4.69) is 4.98 Å². The molecule has 5 nitrogen and oxygen atoms in total. The summed E-state index contributed by atoms with van der Waals surface area (Å²) >= 11 is 0. The Kier molecular flexibility index (Phi) is 4.75. The van der Waals surface area contributed by atoms with Crippen LogP contribution in [0, 0.1) is 12.8 Å². The number of amides is 1. The summed E-state index contributed by atoms with van der Waals surface area (Å²) in [6.45, 7) is 5.84. The summed E-state index contributed by atoms with van der Waals surface area (Å²) in [7, 11) is 0. The molecule has 0 aliphatic heterocycles. The Balaban J connectivity index is 2.47. The second-order valence-corrected chi connectivity index (χ2v) is 5.80. The number of fused-ring (bicyclic) bond motifs is 1. The molecule has 1 N–H and O–H groups in total. The molecule has 0 unspecified atom stereocenters. The molecule has 0 bridgehead atoms. The van der Waals surface area contributed by atoms with Crippen LogP contribution in [0.3, 0.4) is 0 Å². The second-order valence-electron chi connectivity index (χ2n) is 5.80. The number of hydrogen-bond donors (Lipinski definition) is 1. The van der Waals surface area contributed by atoms with Gasteiger partial charge in [0.05, 0.1) is 11.1 Å². The third kappa shape index (κ3) is 3.61. The minimum absolute atomic E-state index is 0.192. The average molecular weight is 300 g/mol. The molecule has 1 aromatic heterocycles. The number of rotatable bonds is 5. The van der Waals surface area contributed by atoms with Crippen LogP contribution < -0.4 is 0 Å². The molecule has 0 saturated carbocycles. The second kappa shape index (κ2) is 6.56. The summed E-state index contributed by atoms with van der Waals surface area (Å²) in [6, 6.07) is 9.12. The van der Waals surface area contributed by atoms with Gasteiger partial charge in [0.2, 0.25) is 0 Å². The number of carboxylic acid groups (broad SMARTS) is 1. The number of aliphatic carboxylic acids is 1. The number of para-hydroxylation sites is 1. The number of carbonyl (C=O) groups excluding carboxylic acids is 1. The van der Waals surface area contributed by atoms with Gasteiger partial charge in [-0.2, -0.15) is 0 Å². The van der Waals surface area contributed by atoms with Crippen LogP contribution in [0.25, 0.3) is 10.9 Å². The summed E-state index contributed by atoms with van der Waals surface area (Å²) < 4.78 is 0. The summed E-state index contributed by atoms with van der Waals surface area (Å²) in [5.41, 5.74) is 1.98. The molecule has 0 fully saturated rings. The number of pyridine rings is 1. The Bertz CT molecular complexity index is 710. The predicted molar refractivity (Wildman–Crippen MR) is 84.9 cm³/mol. The SMILES string of the molecule is Cc1cc(C(=O)N(CC(=O)O)CC(C)C)c2ccccc2n1. The predicted octanol–water partition coefficient (Wildman–Crippen LogP) is 2.73. The minimum atomic E-state index is -1.01. The largest absolute Gasteiger partial charge is 0.480 e. The van der Waals surface area contributed by atoms with Crippen LogP contribution in [0.1, 0.15) is 29.9 Å². The molecule has 2 rings (SSSR count). The first kappa shape index (κ1) is 15.9. The van der Waals surface area contributed by atoms with Gasteiger partial charge in [0.1, 0.15) is 6.54 Å². The van der Waals surface area contributed by atoms with Crippen molar-refractivity contribution in [1.29, 1.82) is 0 Å². The maximum atomic E-state index is 12.8. The van der Waals surface area contributed by atoms with E-state index in [0.717, 1.165) is 16.6 Å². The van der Waals surface area contributed by atoms with Crippen molar-refractivity contribution in [3.05, 3.63) is 41.6 Å². The quantitative estimate of drug-likeness (QED) is 0.921. The van der Waals surface area contributed by atoms with E-state index in [0.29, 0.717) is 12.1 Å². The van der Waals surface area contributed by atoms with Gasteiger partial charge in [0.15, 0.2) is 0 Å². The number of aryl methyl sites for hydroxylation is 1. The standard InChI is InChI=1S/C17H20N2O3/c1-11(2)9-19(10-16(20)21)17(22)14-8-12(3)18-15-7-5-4-6-13(14)15/h4-8,11H,9-10H2,1-3H3,(H,20,21). The number of nitrogens with zero attached hydrogens (tertiary/aromatic N) is 2. The molecule has 1 aromatic carbocycles. The molecule has 1 amide bonds. The van der Waals surface area contributed by atoms with Gasteiger partial charge in [-0.3, -0.25) is 14.6 Å². The maximum absolute atomic E-state index is 12.8. The number of hydrogen-bond acceptors (Lipinski definition) is 3. The van der Waals surface area contributed by atoms with E-state index < -0.39 is 5.97 Å². The normalized spacial score (nSPS) is 10.9. The molecular formula is C17H20N2O3. The van der Waals surface area contributed by atoms with Crippen LogP contribution in [0.4, 0.5) is 0 Å². The highest BCUT2D eigenvalue weighted by atomic mass is 16.4. The van der Waals surface area contributed by atoms with Gasteiger partial charge in [-0.1, -0.05) is 32.0 Å². The van der Waals surface area contributed by atoms with E-state index in [1.54, 1.807) is 6.07 Å². The third-order valence-electron chi connectivity index (χ3n) is 3.27. The summed E-state index contributed by atoms with van der Waals surface area (Å²) in [5, 5.41) is 9.80. The fourth-order valence-electron chi connectivity index (χ4n) is 2.48. The highest BCUT2D eigenvalue weighted by molar-refractivity contribution is 6.06. The lowest BCUT2D eigenvalue weighted by molar-refractivity contribution is -0.137. The van der Waals surface area contributed by atoms with Crippen LogP contribution in [0.5, 0.6) is 0 Å². The third-order valence-corrected chi connectivity index (χ3v) is 3.27. The number of aromatic nitrogens is 1. The van der Waals surface area contributed by atoms with Crippen molar-refractivity contribution >= 4 is 22.8 Å². The zero-order valence-electron chi connectivity index (χ0n) is 13.0. The molecule has 116 valence electrons. The van der Waals surface area contributed by atoms with Gasteiger partial charge in [-0.05, 0) is 25.0 Å². The topological polar surface area (TPSA) is 70.5 Å². The molecule has 0 spiro atoms. The first-order valence-corrected chi connectivity index (χ1v) is 7.26. The average Bonchev–Trinajstić information content (AvgIpc) is 2.43. The van der Waals surface area contributed by atoms with Crippen LogP contribution in [0.15, 0.2) is 30.3 Å². The molecule has 2 aromatic rings. The van der Waals surface area contributed by atoms with Gasteiger partial charge in [-0.25, -0.2) is 0 Å². The maximum Gasteiger partial charge on any atom is 0.323 e. The van der Waals surface area contributed by atoms with E-state index in [-0.39, 0.29) is 18.4 Å². The van der Waals surface area contributed by atoms with E-state index >= 15 is 0 Å². The molecular weight excluding hydrogens is 280 g/mol. The molecule has 0 saturated heterocycles. The lowest BCUT2D eigenvalue weighted by atomic mass is 10.1. The molecule has 0 radical (unpaired) electrons. The number of benzene rings is 1. The van der Waals surface area contributed by atoms with Crippen molar-refractivity contribution in [2.24, 2.45) is 5.92 Å². The Morgan fingerprint density at radius 2 is 1.95 bits per heavy atom. The molecule has 0 atom stereocenters. The summed E-state index contributed by atoms with van der Waals surface area (Å²) in [5.74, 6) is -1.08. The van der Waals surface area contributed by atoms with Crippen LogP contribution in [0.2, 0.25) is 0 Å². The van der Waals surface area contributed by atoms with Gasteiger partial charge in [-0.15, -0.1) is 0 Å². The zero-order chi connectivity index (χ0) is 16.3. The van der Waals surface area contributed by atoms with E-state index in [1.807, 2.05) is 45.0 Å². The first-order chi connectivity index (χ1) is 10.4. The first-order valence-electron chi connectivity index (χ1n) is 7.26. The lowest BCUT2D eigenvalue weighted by Gasteiger charge is -2.23. The van der Waals surface area contributed by atoms with E-state index in [4.69, 9.17) is 5.11 Å². The van der Waals surface area contributed by atoms with Crippen molar-refractivity contribution < 1.29 is 14.7 Å². The number of carbonyl (C=O) groups is 2. The smallest absolute Gasteiger partial charge is 0.323 e. The van der Waals surface area contributed by atoms with E-state index in [9.17, 15) is 9.59 Å². The molecule has 22 heavy (non-hydrogen) atoms. The van der Waals surface area contributed by atoms with Crippen molar-refractivity contribution in [1.82, 2.24) is 9.88 Å². The Labute approximate surface area is 129 Å². The zero-order valence-corrected chi connectivity index (χ0v) is 13.0. The van der Waals surface area contributed by atoms with Gasteiger partial charge in [0, 0.05) is 17.6 Å². The van der Waals surface area contributed by atoms with Crippen LogP contribution >= 0.6 is 0 Å². The van der Waals surface area contributed by atoms with Gasteiger partial charge in [0.25, 0.3) is 5.91 Å².